The summed E-state index contributed by atoms with van der Waals surface area (Å²) in [7, 11) is 0. The van der Waals surface area contributed by atoms with Crippen molar-refractivity contribution in [3.8, 4) is 22.6 Å². The zero-order valence-corrected chi connectivity index (χ0v) is 12.4. The lowest BCUT2D eigenvalue weighted by Crippen LogP contribution is -2.02. The second kappa shape index (κ2) is 5.72. The van der Waals surface area contributed by atoms with E-state index in [1.54, 1.807) is 0 Å². The first-order valence-electron chi connectivity index (χ1n) is 7.80. The van der Waals surface area contributed by atoms with Crippen molar-refractivity contribution in [2.24, 2.45) is 0 Å². The molecule has 0 bridgehead atoms. The van der Waals surface area contributed by atoms with E-state index in [0.717, 1.165) is 43.1 Å². The highest BCUT2D eigenvalue weighted by Crippen LogP contribution is 2.39. The third-order valence-electron chi connectivity index (χ3n) is 4.10. The molecule has 4 rings (SSSR count). The van der Waals surface area contributed by atoms with Crippen LogP contribution in [-0.4, -0.2) is 13.2 Å². The van der Waals surface area contributed by atoms with Crippen LogP contribution in [0.4, 0.5) is 0 Å². The minimum atomic E-state index is 0.729. The number of hydrogen-bond donors (Lipinski definition) is 0. The molecule has 0 amide bonds. The van der Waals surface area contributed by atoms with E-state index >= 15 is 0 Å². The zero-order valence-electron chi connectivity index (χ0n) is 12.4. The maximum atomic E-state index is 6.05. The van der Waals surface area contributed by atoms with E-state index in [1.165, 1.54) is 16.3 Å². The predicted octanol–water partition coefficient (Wildman–Crippen LogP) is 5.06. The third-order valence-corrected chi connectivity index (χ3v) is 4.10. The fraction of sp³-hybridized carbons (Fsp3) is 0.200. The van der Waals surface area contributed by atoms with E-state index in [0.29, 0.717) is 0 Å². The molecule has 0 saturated carbocycles. The van der Waals surface area contributed by atoms with Crippen LogP contribution in [0.25, 0.3) is 21.9 Å². The Kier molecular flexibility index (Phi) is 3.43. The highest BCUT2D eigenvalue weighted by Gasteiger charge is 2.13. The molecule has 0 aliphatic carbocycles. The second-order valence-corrected chi connectivity index (χ2v) is 5.56. The van der Waals surface area contributed by atoms with Crippen LogP contribution in [0.2, 0.25) is 0 Å². The molecule has 1 aliphatic rings. The van der Waals surface area contributed by atoms with Gasteiger partial charge in [-0.15, -0.1) is 0 Å². The molecule has 0 atom stereocenters. The van der Waals surface area contributed by atoms with Crippen molar-refractivity contribution in [1.29, 1.82) is 0 Å². The highest BCUT2D eigenvalue weighted by molar-refractivity contribution is 6.02. The summed E-state index contributed by atoms with van der Waals surface area (Å²) in [6.07, 6.45) is 2.00. The lowest BCUT2D eigenvalue weighted by Gasteiger charge is -2.14. The van der Waals surface area contributed by atoms with Gasteiger partial charge in [0.1, 0.15) is 11.5 Å². The topological polar surface area (TPSA) is 18.5 Å². The van der Waals surface area contributed by atoms with E-state index < -0.39 is 0 Å². The average Bonchev–Trinajstić information content (AvgIpc) is 2.60. The Bertz CT molecular complexity index is 802. The van der Waals surface area contributed by atoms with Crippen molar-refractivity contribution in [2.45, 2.75) is 12.8 Å². The monoisotopic (exact) mass is 290 g/mol. The molecule has 3 aromatic rings. The molecule has 0 N–H and O–H groups in total. The fourth-order valence-corrected chi connectivity index (χ4v) is 3.03. The molecule has 0 fully saturated rings. The largest absolute Gasteiger partial charge is 0.493 e. The summed E-state index contributed by atoms with van der Waals surface area (Å²) >= 11 is 0. The SMILES string of the molecule is c1ccc2c(c1)OCCCCOc1cccc3cccc-2c13. The lowest BCUT2D eigenvalue weighted by atomic mass is 9.97. The summed E-state index contributed by atoms with van der Waals surface area (Å²) < 4.78 is 12.1. The highest BCUT2D eigenvalue weighted by atomic mass is 16.5. The number of para-hydroxylation sites is 1. The molecule has 0 aromatic heterocycles. The average molecular weight is 290 g/mol. The van der Waals surface area contributed by atoms with Gasteiger partial charge in [0.15, 0.2) is 0 Å². The molecule has 0 spiro atoms. The molecule has 1 heterocycles. The first kappa shape index (κ1) is 13.2. The van der Waals surface area contributed by atoms with Gasteiger partial charge < -0.3 is 9.47 Å². The molecule has 1 aliphatic heterocycles. The van der Waals surface area contributed by atoms with Crippen molar-refractivity contribution in [3.63, 3.8) is 0 Å². The Labute approximate surface area is 130 Å². The molecule has 110 valence electrons. The molecular formula is C20H18O2. The van der Waals surface area contributed by atoms with Crippen LogP contribution in [0.1, 0.15) is 12.8 Å². The molecule has 0 saturated heterocycles. The van der Waals surface area contributed by atoms with Crippen LogP contribution in [-0.2, 0) is 0 Å². The smallest absolute Gasteiger partial charge is 0.127 e. The molecule has 3 aromatic carbocycles. The molecule has 0 unspecified atom stereocenters. The number of benzene rings is 3. The van der Waals surface area contributed by atoms with E-state index in [2.05, 4.69) is 54.6 Å². The Morgan fingerprint density at radius 3 is 2.09 bits per heavy atom. The van der Waals surface area contributed by atoms with E-state index in [9.17, 15) is 0 Å². The van der Waals surface area contributed by atoms with Gasteiger partial charge in [-0.1, -0.05) is 48.5 Å². The first-order chi connectivity index (χ1) is 10.9. The third kappa shape index (κ3) is 2.31. The number of fused-ring (bicyclic) bond motifs is 2. The first-order valence-corrected chi connectivity index (χ1v) is 7.80. The summed E-state index contributed by atoms with van der Waals surface area (Å²) in [4.78, 5) is 0. The van der Waals surface area contributed by atoms with Crippen molar-refractivity contribution >= 4 is 10.8 Å². The quantitative estimate of drug-likeness (QED) is 0.576. The number of rotatable bonds is 0. The molecule has 0 radical (unpaired) electrons. The Morgan fingerprint density at radius 2 is 1.23 bits per heavy atom. The standard InChI is InChI=1S/C20H18O2/c1-2-11-18-16(9-1)17-10-5-7-15-8-6-12-19(20(15)17)22-14-4-3-13-21-18/h1-2,5-12H,3-4,13-14H2. The van der Waals surface area contributed by atoms with Gasteiger partial charge in [-0.2, -0.15) is 0 Å². The van der Waals surface area contributed by atoms with Gasteiger partial charge in [0.05, 0.1) is 13.2 Å². The maximum absolute atomic E-state index is 6.05. The Hall–Kier alpha value is -2.48. The maximum Gasteiger partial charge on any atom is 0.127 e. The van der Waals surface area contributed by atoms with E-state index in [1.807, 2.05) is 6.07 Å². The fourth-order valence-electron chi connectivity index (χ4n) is 3.03. The van der Waals surface area contributed by atoms with Crippen molar-refractivity contribution in [3.05, 3.63) is 60.7 Å². The second-order valence-electron chi connectivity index (χ2n) is 5.56. The predicted molar refractivity (Wildman–Crippen MR) is 89.6 cm³/mol. The number of ether oxygens (including phenoxy) is 2. The van der Waals surface area contributed by atoms with Gasteiger partial charge in [-0.25, -0.2) is 0 Å². The molecule has 2 nitrogen and oxygen atoms in total. The molecule has 2 heteroatoms. The summed E-state index contributed by atoms with van der Waals surface area (Å²) in [6, 6.07) is 20.9. The number of hydrogen-bond acceptors (Lipinski definition) is 2. The van der Waals surface area contributed by atoms with Crippen molar-refractivity contribution in [1.82, 2.24) is 0 Å². The Morgan fingerprint density at radius 1 is 0.591 bits per heavy atom. The van der Waals surface area contributed by atoms with Gasteiger partial charge in [0, 0.05) is 10.9 Å². The minimum absolute atomic E-state index is 0.729. The lowest BCUT2D eigenvalue weighted by molar-refractivity contribution is 0.269. The summed E-state index contributed by atoms with van der Waals surface area (Å²) in [5, 5.41) is 2.37. The van der Waals surface area contributed by atoms with Gasteiger partial charge in [0.2, 0.25) is 0 Å². The van der Waals surface area contributed by atoms with Crippen LogP contribution in [0, 0.1) is 0 Å². The van der Waals surface area contributed by atoms with Crippen LogP contribution >= 0.6 is 0 Å². The zero-order chi connectivity index (χ0) is 14.8. The van der Waals surface area contributed by atoms with Crippen molar-refractivity contribution < 1.29 is 9.47 Å². The normalized spacial score (nSPS) is 14.4. The molecular weight excluding hydrogens is 272 g/mol. The van der Waals surface area contributed by atoms with Crippen LogP contribution in [0.15, 0.2) is 60.7 Å². The van der Waals surface area contributed by atoms with Gasteiger partial charge >= 0.3 is 0 Å². The van der Waals surface area contributed by atoms with Gasteiger partial charge in [-0.3, -0.25) is 0 Å². The van der Waals surface area contributed by atoms with Crippen molar-refractivity contribution in [2.75, 3.05) is 13.2 Å². The van der Waals surface area contributed by atoms with E-state index in [4.69, 9.17) is 9.47 Å². The summed E-state index contributed by atoms with van der Waals surface area (Å²) in [6.45, 7) is 1.46. The summed E-state index contributed by atoms with van der Waals surface area (Å²) in [5.41, 5.74) is 2.30. The van der Waals surface area contributed by atoms with Crippen LogP contribution in [0.5, 0.6) is 11.5 Å². The van der Waals surface area contributed by atoms with Crippen LogP contribution < -0.4 is 9.47 Å². The van der Waals surface area contributed by atoms with E-state index in [-0.39, 0.29) is 0 Å². The van der Waals surface area contributed by atoms with Gasteiger partial charge in [-0.05, 0) is 35.9 Å². The van der Waals surface area contributed by atoms with Gasteiger partial charge in [0.25, 0.3) is 0 Å². The Balaban J connectivity index is 2.02. The molecule has 22 heavy (non-hydrogen) atoms. The van der Waals surface area contributed by atoms with Crippen LogP contribution in [0.3, 0.4) is 0 Å². The summed E-state index contributed by atoms with van der Waals surface area (Å²) in [5.74, 6) is 1.91. The minimum Gasteiger partial charge on any atom is -0.493 e.